The lowest BCUT2D eigenvalue weighted by Gasteiger charge is -2.13. The fraction of sp³-hybridized carbons (Fsp3) is 0.545. The monoisotopic (exact) mass is 297 g/mol. The van der Waals surface area contributed by atoms with Gasteiger partial charge in [0.25, 0.3) is 10.1 Å². The average molecular weight is 297 g/mol. The maximum Gasteiger partial charge on any atom is 0.264 e. The molecule has 8 nitrogen and oxygen atoms in total. The Morgan fingerprint density at radius 2 is 2.15 bits per heavy atom. The van der Waals surface area contributed by atoms with Gasteiger partial charge >= 0.3 is 0 Å². The molecule has 0 amide bonds. The van der Waals surface area contributed by atoms with Crippen molar-refractivity contribution in [2.45, 2.75) is 31.4 Å². The van der Waals surface area contributed by atoms with Gasteiger partial charge in [0.2, 0.25) is 0 Å². The first-order chi connectivity index (χ1) is 9.44. The molecule has 3 rings (SSSR count). The van der Waals surface area contributed by atoms with E-state index in [0.29, 0.717) is 29.8 Å². The van der Waals surface area contributed by atoms with E-state index >= 15 is 0 Å². The number of nitrogens with zero attached hydrogens (tertiary/aromatic N) is 4. The van der Waals surface area contributed by atoms with Crippen molar-refractivity contribution in [3.05, 3.63) is 12.7 Å². The van der Waals surface area contributed by atoms with E-state index < -0.39 is 10.1 Å². The van der Waals surface area contributed by atoms with Crippen LogP contribution in [0.1, 0.15) is 25.3 Å². The third kappa shape index (κ3) is 2.46. The zero-order valence-corrected chi connectivity index (χ0v) is 11.7. The van der Waals surface area contributed by atoms with E-state index in [1.807, 2.05) is 4.57 Å². The van der Waals surface area contributed by atoms with Crippen LogP contribution in [0.25, 0.3) is 11.2 Å². The zero-order chi connectivity index (χ0) is 14.3. The van der Waals surface area contributed by atoms with Crippen LogP contribution in [-0.4, -0.2) is 40.3 Å². The van der Waals surface area contributed by atoms with Gasteiger partial charge in [-0.3, -0.25) is 4.18 Å². The highest BCUT2D eigenvalue weighted by molar-refractivity contribution is 7.86. The topological polar surface area (TPSA) is 113 Å². The SMILES string of the molecule is CS(=O)(=O)OC1CCC(n2cnc3c(N)ncnc32)C1. The van der Waals surface area contributed by atoms with Crippen molar-refractivity contribution >= 4 is 27.1 Å². The summed E-state index contributed by atoms with van der Waals surface area (Å²) in [4.78, 5) is 12.3. The van der Waals surface area contributed by atoms with Crippen LogP contribution < -0.4 is 5.73 Å². The van der Waals surface area contributed by atoms with E-state index in [9.17, 15) is 8.42 Å². The highest BCUT2D eigenvalue weighted by atomic mass is 32.2. The Balaban J connectivity index is 1.85. The Morgan fingerprint density at radius 3 is 2.90 bits per heavy atom. The molecule has 0 aliphatic heterocycles. The minimum absolute atomic E-state index is 0.112. The van der Waals surface area contributed by atoms with Crippen LogP contribution in [0.3, 0.4) is 0 Å². The molecule has 108 valence electrons. The second-order valence-corrected chi connectivity index (χ2v) is 6.57. The van der Waals surface area contributed by atoms with Crippen molar-refractivity contribution in [2.24, 2.45) is 0 Å². The molecular weight excluding hydrogens is 282 g/mol. The van der Waals surface area contributed by atoms with Crippen molar-refractivity contribution in [2.75, 3.05) is 12.0 Å². The number of nitrogens with two attached hydrogens (primary N) is 1. The highest BCUT2D eigenvalue weighted by Gasteiger charge is 2.30. The molecule has 1 fully saturated rings. The van der Waals surface area contributed by atoms with E-state index in [-0.39, 0.29) is 12.1 Å². The molecule has 1 aliphatic rings. The van der Waals surface area contributed by atoms with Gasteiger partial charge in [0.1, 0.15) is 11.8 Å². The molecule has 2 unspecified atom stereocenters. The molecule has 9 heteroatoms. The van der Waals surface area contributed by atoms with Crippen molar-refractivity contribution in [1.29, 1.82) is 0 Å². The Kier molecular flexibility index (Phi) is 3.09. The molecule has 20 heavy (non-hydrogen) atoms. The third-order valence-electron chi connectivity index (χ3n) is 3.45. The first-order valence-corrected chi connectivity index (χ1v) is 8.07. The molecule has 0 saturated heterocycles. The average Bonchev–Trinajstić information content (AvgIpc) is 2.93. The van der Waals surface area contributed by atoms with Crippen molar-refractivity contribution in [3.8, 4) is 0 Å². The maximum atomic E-state index is 11.2. The van der Waals surface area contributed by atoms with Gasteiger partial charge in [-0.2, -0.15) is 8.42 Å². The number of aromatic nitrogens is 4. The molecular formula is C11H15N5O3S. The van der Waals surface area contributed by atoms with Crippen molar-refractivity contribution < 1.29 is 12.6 Å². The summed E-state index contributed by atoms with van der Waals surface area (Å²) in [5.41, 5.74) is 6.99. The van der Waals surface area contributed by atoms with Crippen LogP contribution in [0.5, 0.6) is 0 Å². The smallest absolute Gasteiger partial charge is 0.264 e. The number of rotatable bonds is 3. The molecule has 0 spiro atoms. The normalized spacial score (nSPS) is 23.4. The molecule has 0 bridgehead atoms. The lowest BCUT2D eigenvalue weighted by atomic mass is 10.2. The second kappa shape index (κ2) is 4.67. The van der Waals surface area contributed by atoms with Crippen LogP contribution in [-0.2, 0) is 14.3 Å². The van der Waals surface area contributed by atoms with Gasteiger partial charge in [-0.1, -0.05) is 0 Å². The van der Waals surface area contributed by atoms with E-state index in [1.165, 1.54) is 6.33 Å². The summed E-state index contributed by atoms with van der Waals surface area (Å²) in [6, 6.07) is 0.112. The number of nitrogen functional groups attached to an aromatic ring is 1. The van der Waals surface area contributed by atoms with Crippen LogP contribution in [0.4, 0.5) is 5.82 Å². The summed E-state index contributed by atoms with van der Waals surface area (Å²) in [7, 11) is -3.42. The van der Waals surface area contributed by atoms with Gasteiger partial charge in [0, 0.05) is 6.04 Å². The van der Waals surface area contributed by atoms with Gasteiger partial charge in [0.15, 0.2) is 11.5 Å². The number of hydrogen-bond acceptors (Lipinski definition) is 7. The zero-order valence-electron chi connectivity index (χ0n) is 10.9. The van der Waals surface area contributed by atoms with Crippen molar-refractivity contribution in [3.63, 3.8) is 0 Å². The third-order valence-corrected chi connectivity index (χ3v) is 4.07. The fourth-order valence-corrected chi connectivity index (χ4v) is 3.31. The summed E-state index contributed by atoms with van der Waals surface area (Å²) in [5.74, 6) is 0.343. The van der Waals surface area contributed by atoms with E-state index in [4.69, 9.17) is 9.92 Å². The lowest BCUT2D eigenvalue weighted by molar-refractivity contribution is 0.214. The van der Waals surface area contributed by atoms with Gasteiger partial charge in [-0.25, -0.2) is 15.0 Å². The predicted molar refractivity (Wildman–Crippen MR) is 72.3 cm³/mol. The largest absolute Gasteiger partial charge is 0.382 e. The molecule has 2 N–H and O–H groups in total. The Labute approximate surface area is 116 Å². The van der Waals surface area contributed by atoms with Crippen LogP contribution >= 0.6 is 0 Å². The Hall–Kier alpha value is -1.74. The summed E-state index contributed by atoms with van der Waals surface area (Å²) < 4.78 is 29.3. The van der Waals surface area contributed by atoms with E-state index in [2.05, 4.69) is 15.0 Å². The van der Waals surface area contributed by atoms with Crippen LogP contribution in [0, 0.1) is 0 Å². The van der Waals surface area contributed by atoms with Crippen LogP contribution in [0.2, 0.25) is 0 Å². The van der Waals surface area contributed by atoms with Crippen LogP contribution in [0.15, 0.2) is 12.7 Å². The summed E-state index contributed by atoms with van der Waals surface area (Å²) in [5, 5.41) is 0. The number of hydrogen-bond donors (Lipinski definition) is 1. The van der Waals surface area contributed by atoms with Gasteiger partial charge in [-0.15, -0.1) is 0 Å². The van der Waals surface area contributed by atoms with E-state index in [1.54, 1.807) is 6.33 Å². The number of imidazole rings is 1. The Bertz CT molecular complexity index is 742. The van der Waals surface area contributed by atoms with Crippen molar-refractivity contribution in [1.82, 2.24) is 19.5 Å². The summed E-state index contributed by atoms with van der Waals surface area (Å²) in [6.45, 7) is 0. The summed E-state index contributed by atoms with van der Waals surface area (Å²) >= 11 is 0. The van der Waals surface area contributed by atoms with Gasteiger partial charge < -0.3 is 10.3 Å². The molecule has 0 radical (unpaired) electrons. The fourth-order valence-electron chi connectivity index (χ4n) is 2.64. The summed E-state index contributed by atoms with van der Waals surface area (Å²) in [6.07, 6.45) is 5.97. The highest BCUT2D eigenvalue weighted by Crippen LogP contribution is 2.34. The molecule has 1 aliphatic carbocycles. The molecule has 0 aromatic carbocycles. The maximum absolute atomic E-state index is 11.2. The van der Waals surface area contributed by atoms with Gasteiger partial charge in [-0.05, 0) is 19.3 Å². The quantitative estimate of drug-likeness (QED) is 0.819. The second-order valence-electron chi connectivity index (χ2n) is 4.97. The van der Waals surface area contributed by atoms with Gasteiger partial charge in [0.05, 0.1) is 18.7 Å². The lowest BCUT2D eigenvalue weighted by Crippen LogP contribution is -2.15. The molecule has 2 aromatic rings. The minimum atomic E-state index is -3.42. The first-order valence-electron chi connectivity index (χ1n) is 6.25. The predicted octanol–water partition coefficient (Wildman–Crippen LogP) is 0.478. The first kappa shape index (κ1) is 13.3. The number of fused-ring (bicyclic) bond motifs is 1. The Morgan fingerprint density at radius 1 is 1.35 bits per heavy atom. The molecule has 2 heterocycles. The standard InChI is InChI=1S/C11H15N5O3S/c1-20(17,18)19-8-3-2-7(4-8)16-6-15-9-10(12)13-5-14-11(9)16/h5-8H,2-4H2,1H3,(H2,12,13,14). The molecule has 2 atom stereocenters. The molecule has 2 aromatic heterocycles. The number of anilines is 1. The van der Waals surface area contributed by atoms with E-state index in [0.717, 1.165) is 12.7 Å². The minimum Gasteiger partial charge on any atom is -0.382 e. The molecule has 1 saturated carbocycles.